The smallest absolute Gasteiger partial charge is 0.333 e. The van der Waals surface area contributed by atoms with Crippen LogP contribution in [0.15, 0.2) is 47.6 Å². The quantitative estimate of drug-likeness (QED) is 0.227. The fraction of sp³-hybridized carbons (Fsp3) is 0.636. The van der Waals surface area contributed by atoms with Crippen molar-refractivity contribution in [3.05, 3.63) is 58.1 Å². The Bertz CT molecular complexity index is 1670. The van der Waals surface area contributed by atoms with Crippen molar-refractivity contribution in [2.45, 2.75) is 137 Å². The van der Waals surface area contributed by atoms with E-state index in [0.717, 1.165) is 5.56 Å². The zero-order chi connectivity index (χ0) is 44.7. The highest BCUT2D eigenvalue weighted by atomic mass is 35.5. The standard InChI is InChI=1S/C44H68ClN5O9/c1-13-26(5)38-40(53)47-31(10)44(57)59-39(27(6)14-2)29(8)36(51)20-15-28(7)43(56)58-34(21-25(3)4)23-46-30(9)41(54)50(12)35(22-32-16-18-33(45)19-17-32)42(55)49(11)24-37(52)48-38/h14-19,25-26,29-31,34-36,38-39,46,51H,13,20-24H2,1-12H3,(H,47,53)(H,48,52)/b27-14+,28-15+/t26?,29-,30-,31+,34+,35+,36-,38-,39+/m0/s1. The Balaban J connectivity index is 2.58. The van der Waals surface area contributed by atoms with Gasteiger partial charge in [0.1, 0.15) is 30.3 Å². The van der Waals surface area contributed by atoms with E-state index in [0.29, 0.717) is 23.4 Å². The molecule has 0 saturated carbocycles. The van der Waals surface area contributed by atoms with Crippen molar-refractivity contribution in [1.29, 1.82) is 0 Å². The number of benzene rings is 1. The van der Waals surface area contributed by atoms with E-state index in [4.69, 9.17) is 21.1 Å². The van der Waals surface area contributed by atoms with Crippen LogP contribution in [0.25, 0.3) is 0 Å². The minimum atomic E-state index is -1.13. The molecular weight excluding hydrogens is 778 g/mol. The first-order valence-corrected chi connectivity index (χ1v) is 21.0. The number of aliphatic hydroxyl groups excluding tert-OH is 1. The minimum absolute atomic E-state index is 0.0613. The van der Waals surface area contributed by atoms with Crippen LogP contribution in [0.2, 0.25) is 5.02 Å². The van der Waals surface area contributed by atoms with Gasteiger partial charge in [-0.15, -0.1) is 0 Å². The Morgan fingerprint density at radius 2 is 1.59 bits per heavy atom. The highest BCUT2D eigenvalue weighted by molar-refractivity contribution is 6.30. The third-order valence-corrected chi connectivity index (χ3v) is 11.2. The molecule has 1 aliphatic rings. The molecule has 0 bridgehead atoms. The number of hydrogen-bond donors (Lipinski definition) is 4. The van der Waals surface area contributed by atoms with Gasteiger partial charge in [-0.3, -0.25) is 19.2 Å². The Labute approximate surface area is 355 Å². The van der Waals surface area contributed by atoms with E-state index in [9.17, 15) is 33.9 Å². The summed E-state index contributed by atoms with van der Waals surface area (Å²) in [5.41, 5.74) is 1.69. The van der Waals surface area contributed by atoms with E-state index >= 15 is 0 Å². The van der Waals surface area contributed by atoms with Gasteiger partial charge in [-0.1, -0.05) is 76.9 Å². The third-order valence-electron chi connectivity index (χ3n) is 11.0. The summed E-state index contributed by atoms with van der Waals surface area (Å²) >= 11 is 6.13. The van der Waals surface area contributed by atoms with E-state index in [1.807, 2.05) is 20.8 Å². The maximum absolute atomic E-state index is 14.2. The summed E-state index contributed by atoms with van der Waals surface area (Å²) in [6.45, 7) is 17.4. The molecule has 15 heteroatoms. The number of carbonyl (C=O) groups is 6. The Morgan fingerprint density at radius 3 is 2.17 bits per heavy atom. The SMILES string of the molecule is C/C=C(\C)[C@H]1OC(=O)[C@@H](C)NC(=O)[C@H](C(C)CC)NC(=O)CN(C)C(=O)[C@@H](Cc2ccc(Cl)cc2)N(C)C(=O)[C@H](C)NC[C@@H](CC(C)C)OC(=O)/C(C)=C/C[C@H](O)[C@@H]1C. The molecule has 1 unspecified atom stereocenters. The van der Waals surface area contributed by atoms with Crippen LogP contribution in [0.3, 0.4) is 0 Å². The van der Waals surface area contributed by atoms with Crippen molar-refractivity contribution in [2.24, 2.45) is 17.8 Å². The number of hydrogen-bond acceptors (Lipinski definition) is 10. The lowest BCUT2D eigenvalue weighted by molar-refractivity contribution is -0.155. The fourth-order valence-electron chi connectivity index (χ4n) is 6.67. The van der Waals surface area contributed by atoms with Crippen LogP contribution < -0.4 is 16.0 Å². The molecule has 1 aromatic rings. The zero-order valence-electron chi connectivity index (χ0n) is 37.0. The molecule has 2 rings (SSSR count). The number of cyclic esters (lactones) is 2. The molecule has 1 heterocycles. The van der Waals surface area contributed by atoms with Crippen LogP contribution in [0.5, 0.6) is 0 Å². The molecule has 4 N–H and O–H groups in total. The maximum Gasteiger partial charge on any atom is 0.333 e. The fourth-order valence-corrected chi connectivity index (χ4v) is 6.79. The number of nitrogens with one attached hydrogen (secondary N) is 3. The monoisotopic (exact) mass is 845 g/mol. The number of allylic oxidation sites excluding steroid dienone is 1. The van der Waals surface area contributed by atoms with Crippen LogP contribution in [-0.4, -0.2) is 120 Å². The summed E-state index contributed by atoms with van der Waals surface area (Å²) in [6.07, 6.45) is 2.06. The molecule has 9 atom stereocenters. The van der Waals surface area contributed by atoms with Crippen LogP contribution in [0, 0.1) is 17.8 Å². The Morgan fingerprint density at radius 1 is 0.966 bits per heavy atom. The van der Waals surface area contributed by atoms with E-state index in [-0.39, 0.29) is 36.8 Å². The molecular formula is C44H68ClN5O9. The number of rotatable bonds is 7. The van der Waals surface area contributed by atoms with Crippen molar-refractivity contribution in [2.75, 3.05) is 27.2 Å². The van der Waals surface area contributed by atoms with Gasteiger partial charge in [-0.05, 0) is 82.6 Å². The molecule has 0 spiro atoms. The molecule has 0 radical (unpaired) electrons. The van der Waals surface area contributed by atoms with Crippen molar-refractivity contribution in [3.63, 3.8) is 0 Å². The molecule has 0 fully saturated rings. The number of halogens is 1. The second-order valence-electron chi connectivity index (χ2n) is 16.4. The van der Waals surface area contributed by atoms with Gasteiger partial charge in [-0.2, -0.15) is 0 Å². The van der Waals surface area contributed by atoms with Gasteiger partial charge in [0, 0.05) is 43.6 Å². The molecule has 0 aromatic heterocycles. The minimum Gasteiger partial charge on any atom is -0.458 e. The summed E-state index contributed by atoms with van der Waals surface area (Å²) in [4.78, 5) is 84.7. The highest BCUT2D eigenvalue weighted by Crippen LogP contribution is 2.24. The molecule has 1 aromatic carbocycles. The maximum atomic E-state index is 14.2. The number of amides is 4. The van der Waals surface area contributed by atoms with Gasteiger partial charge in [0.2, 0.25) is 23.6 Å². The van der Waals surface area contributed by atoms with Crippen LogP contribution >= 0.6 is 11.6 Å². The van der Waals surface area contributed by atoms with Crippen molar-refractivity contribution in [3.8, 4) is 0 Å². The lowest BCUT2D eigenvalue weighted by Gasteiger charge is -2.33. The van der Waals surface area contributed by atoms with E-state index in [2.05, 4.69) is 16.0 Å². The largest absolute Gasteiger partial charge is 0.458 e. The first-order valence-electron chi connectivity index (χ1n) is 20.6. The number of nitrogens with zero attached hydrogens (tertiary/aromatic N) is 2. The van der Waals surface area contributed by atoms with Crippen molar-refractivity contribution >= 4 is 47.2 Å². The number of likely N-dealkylation sites (N-methyl/N-ethyl adjacent to an activating group) is 2. The summed E-state index contributed by atoms with van der Waals surface area (Å²) < 4.78 is 11.8. The first kappa shape index (κ1) is 50.9. The van der Waals surface area contributed by atoms with Crippen molar-refractivity contribution < 1.29 is 43.3 Å². The van der Waals surface area contributed by atoms with Gasteiger partial charge in [0.15, 0.2) is 0 Å². The third kappa shape index (κ3) is 15.7. The molecule has 4 amide bonds. The predicted octanol–water partition coefficient (Wildman–Crippen LogP) is 4.36. The molecule has 59 heavy (non-hydrogen) atoms. The van der Waals surface area contributed by atoms with Crippen LogP contribution in [-0.2, 0) is 44.7 Å². The Hall–Kier alpha value is -4.27. The van der Waals surface area contributed by atoms with E-state index < -0.39 is 90.5 Å². The number of ether oxygens (including phenoxy) is 2. The predicted molar refractivity (Wildman–Crippen MR) is 228 cm³/mol. The second-order valence-corrected chi connectivity index (χ2v) is 16.8. The lowest BCUT2D eigenvalue weighted by atomic mass is 9.90. The number of aliphatic hydroxyl groups is 1. The normalized spacial score (nSPS) is 28.9. The van der Waals surface area contributed by atoms with Gasteiger partial charge < -0.3 is 40.3 Å². The van der Waals surface area contributed by atoms with Gasteiger partial charge in [0.25, 0.3) is 0 Å². The first-order chi connectivity index (χ1) is 27.6. The van der Waals surface area contributed by atoms with Gasteiger partial charge in [-0.25, -0.2) is 9.59 Å². The summed E-state index contributed by atoms with van der Waals surface area (Å²) in [7, 11) is 2.97. The lowest BCUT2D eigenvalue weighted by Crippen LogP contribution is -2.57. The zero-order valence-corrected chi connectivity index (χ0v) is 37.7. The molecule has 0 aliphatic carbocycles. The average Bonchev–Trinajstić information content (AvgIpc) is 3.19. The van der Waals surface area contributed by atoms with Gasteiger partial charge >= 0.3 is 11.9 Å². The topological polar surface area (TPSA) is 184 Å². The van der Waals surface area contributed by atoms with Gasteiger partial charge in [0.05, 0.1) is 18.7 Å². The molecule has 0 saturated heterocycles. The molecule has 330 valence electrons. The second kappa shape index (κ2) is 24.1. The molecule has 14 nitrogen and oxygen atoms in total. The molecule has 1 aliphatic heterocycles. The summed E-state index contributed by atoms with van der Waals surface area (Å²) in [5, 5.41) is 20.4. The summed E-state index contributed by atoms with van der Waals surface area (Å²) in [5.74, 6) is -4.29. The van der Waals surface area contributed by atoms with E-state index in [1.54, 1.807) is 78.0 Å². The number of esters is 2. The van der Waals surface area contributed by atoms with Crippen LogP contribution in [0.1, 0.15) is 94.1 Å². The van der Waals surface area contributed by atoms with Crippen LogP contribution in [0.4, 0.5) is 0 Å². The van der Waals surface area contributed by atoms with Crippen molar-refractivity contribution in [1.82, 2.24) is 25.8 Å². The highest BCUT2D eigenvalue weighted by Gasteiger charge is 2.35. The summed E-state index contributed by atoms with van der Waals surface area (Å²) in [6, 6.07) is 2.88. The van der Waals surface area contributed by atoms with E-state index in [1.165, 1.54) is 30.8 Å². The average molecular weight is 847 g/mol. The number of carbonyl (C=O) groups excluding carboxylic acids is 6. The Kier molecular flexibility index (Phi) is 20.8.